The summed E-state index contributed by atoms with van der Waals surface area (Å²) in [7, 11) is -3.76. The molecule has 4 nitrogen and oxygen atoms in total. The molecule has 0 heterocycles. The molecule has 21 heavy (non-hydrogen) atoms. The number of rotatable bonds is 3. The van der Waals surface area contributed by atoms with Crippen LogP contribution in [-0.2, 0) is 15.6 Å². The first-order valence-corrected chi connectivity index (χ1v) is 7.83. The molecule has 0 saturated heterocycles. The number of nitrogens with two attached hydrogens (primary N) is 1. The van der Waals surface area contributed by atoms with Crippen molar-refractivity contribution in [3.8, 4) is 6.07 Å². The predicted octanol–water partition coefficient (Wildman–Crippen LogP) is 2.91. The van der Waals surface area contributed by atoms with Gasteiger partial charge in [0.05, 0.1) is 33.0 Å². The molecule has 2 N–H and O–H groups in total. The summed E-state index contributed by atoms with van der Waals surface area (Å²) in [5, 5.41) is 9.07. The molecule has 0 radical (unpaired) electrons. The highest BCUT2D eigenvalue weighted by atomic mass is 35.5. The van der Waals surface area contributed by atoms with Crippen LogP contribution in [0.5, 0.6) is 0 Å². The van der Waals surface area contributed by atoms with Crippen LogP contribution in [0.15, 0.2) is 41.3 Å². The topological polar surface area (TPSA) is 84.0 Å². The van der Waals surface area contributed by atoms with Gasteiger partial charge in [0.2, 0.25) is 0 Å². The summed E-state index contributed by atoms with van der Waals surface area (Å²) >= 11 is 5.80. The largest absolute Gasteiger partial charge is 0.398 e. The molecule has 2 aromatic rings. The van der Waals surface area contributed by atoms with Crippen LogP contribution in [0.1, 0.15) is 11.1 Å². The lowest BCUT2D eigenvalue weighted by atomic mass is 10.1. The van der Waals surface area contributed by atoms with E-state index in [0.29, 0.717) is 0 Å². The van der Waals surface area contributed by atoms with Crippen LogP contribution in [-0.4, -0.2) is 8.42 Å². The molecule has 2 rings (SSSR count). The number of hydrogen-bond donors (Lipinski definition) is 1. The van der Waals surface area contributed by atoms with Crippen molar-refractivity contribution in [2.45, 2.75) is 10.6 Å². The highest BCUT2D eigenvalue weighted by molar-refractivity contribution is 7.90. The van der Waals surface area contributed by atoms with Gasteiger partial charge in [-0.05, 0) is 42.0 Å². The quantitative estimate of drug-likeness (QED) is 0.880. The van der Waals surface area contributed by atoms with Gasteiger partial charge in [0.25, 0.3) is 0 Å². The fourth-order valence-electron chi connectivity index (χ4n) is 1.78. The SMILES string of the molecule is N#Cc1ccc(F)cc1CS(=O)(=O)c1ccc(N)c(Cl)c1. The Morgan fingerprint density at radius 1 is 1.24 bits per heavy atom. The Hall–Kier alpha value is -2.10. The molecule has 108 valence electrons. The van der Waals surface area contributed by atoms with Crippen LogP contribution in [0.25, 0.3) is 0 Å². The van der Waals surface area contributed by atoms with Crippen molar-refractivity contribution in [3.63, 3.8) is 0 Å². The Morgan fingerprint density at radius 3 is 2.57 bits per heavy atom. The molecule has 0 fully saturated rings. The van der Waals surface area contributed by atoms with Crippen LogP contribution < -0.4 is 5.73 Å². The number of nitrogens with zero attached hydrogens (tertiary/aromatic N) is 1. The van der Waals surface area contributed by atoms with E-state index < -0.39 is 21.4 Å². The number of anilines is 1. The maximum atomic E-state index is 13.2. The van der Waals surface area contributed by atoms with E-state index in [4.69, 9.17) is 22.6 Å². The second kappa shape index (κ2) is 5.72. The number of nitriles is 1. The zero-order valence-corrected chi connectivity index (χ0v) is 12.2. The van der Waals surface area contributed by atoms with Gasteiger partial charge >= 0.3 is 0 Å². The molecular weight excluding hydrogens is 315 g/mol. The Labute approximate surface area is 126 Å². The lowest BCUT2D eigenvalue weighted by molar-refractivity contribution is 0.594. The zero-order valence-electron chi connectivity index (χ0n) is 10.7. The first-order chi connectivity index (χ1) is 9.83. The molecule has 0 aliphatic carbocycles. The fraction of sp³-hybridized carbons (Fsp3) is 0.0714. The van der Waals surface area contributed by atoms with E-state index in [0.717, 1.165) is 12.1 Å². The molecule has 7 heteroatoms. The number of hydrogen-bond acceptors (Lipinski definition) is 4. The summed E-state index contributed by atoms with van der Waals surface area (Å²) in [6.07, 6.45) is 0. The van der Waals surface area contributed by atoms with E-state index in [1.54, 1.807) is 0 Å². The number of nitrogen functional groups attached to an aromatic ring is 1. The van der Waals surface area contributed by atoms with E-state index in [9.17, 15) is 12.8 Å². The average molecular weight is 325 g/mol. The molecule has 0 bridgehead atoms. The van der Waals surface area contributed by atoms with Gasteiger partial charge in [-0.25, -0.2) is 12.8 Å². The molecule has 0 atom stereocenters. The van der Waals surface area contributed by atoms with Crippen molar-refractivity contribution < 1.29 is 12.8 Å². The second-order valence-electron chi connectivity index (χ2n) is 4.36. The summed E-state index contributed by atoms with van der Waals surface area (Å²) in [5.41, 5.74) is 6.01. The molecule has 0 amide bonds. The van der Waals surface area contributed by atoms with Gasteiger partial charge < -0.3 is 5.73 Å². The lowest BCUT2D eigenvalue weighted by Crippen LogP contribution is -2.07. The molecule has 0 aromatic heterocycles. The molecule has 2 aromatic carbocycles. The van der Waals surface area contributed by atoms with Gasteiger partial charge in [-0.1, -0.05) is 11.6 Å². The number of sulfone groups is 1. The van der Waals surface area contributed by atoms with Crippen molar-refractivity contribution in [2.24, 2.45) is 0 Å². The molecule has 0 aliphatic heterocycles. The van der Waals surface area contributed by atoms with Gasteiger partial charge in [-0.3, -0.25) is 0 Å². The normalized spacial score (nSPS) is 11.1. The van der Waals surface area contributed by atoms with Gasteiger partial charge in [0.1, 0.15) is 5.82 Å². The Kier molecular flexibility index (Phi) is 4.16. The van der Waals surface area contributed by atoms with E-state index in [1.165, 1.54) is 24.3 Å². The smallest absolute Gasteiger partial charge is 0.182 e. The molecule has 0 spiro atoms. The van der Waals surface area contributed by atoms with Gasteiger partial charge in [-0.15, -0.1) is 0 Å². The van der Waals surface area contributed by atoms with Crippen LogP contribution in [0.2, 0.25) is 5.02 Å². The molecule has 0 saturated carbocycles. The summed E-state index contributed by atoms with van der Waals surface area (Å²) in [6, 6.07) is 9.16. The summed E-state index contributed by atoms with van der Waals surface area (Å²) in [5.74, 6) is -1.09. The van der Waals surface area contributed by atoms with Gasteiger partial charge in [0.15, 0.2) is 9.84 Å². The maximum Gasteiger partial charge on any atom is 0.182 e. The molecule has 0 aliphatic rings. The van der Waals surface area contributed by atoms with Crippen molar-refractivity contribution in [2.75, 3.05) is 5.73 Å². The summed E-state index contributed by atoms with van der Waals surface area (Å²) < 4.78 is 37.9. The van der Waals surface area contributed by atoms with Crippen LogP contribution in [0.4, 0.5) is 10.1 Å². The first kappa shape index (κ1) is 15.3. The third-order valence-corrected chi connectivity index (χ3v) is 4.85. The standard InChI is InChI=1S/C14H10ClFN2O2S/c15-13-6-12(3-4-14(13)18)21(19,20)8-10-5-11(16)2-1-9(10)7-17/h1-6H,8,18H2. The number of benzene rings is 2. The Bertz CT molecular complexity index is 845. The Morgan fingerprint density at radius 2 is 1.95 bits per heavy atom. The minimum absolute atomic E-state index is 0.0325. The van der Waals surface area contributed by atoms with Crippen molar-refractivity contribution in [1.82, 2.24) is 0 Å². The van der Waals surface area contributed by atoms with Crippen molar-refractivity contribution >= 4 is 27.1 Å². The van der Waals surface area contributed by atoms with E-state index in [1.807, 2.05) is 6.07 Å². The third kappa shape index (κ3) is 3.32. The highest BCUT2D eigenvalue weighted by Crippen LogP contribution is 2.25. The Balaban J connectivity index is 2.45. The van der Waals surface area contributed by atoms with Crippen LogP contribution in [0.3, 0.4) is 0 Å². The van der Waals surface area contributed by atoms with E-state index in [-0.39, 0.29) is 26.7 Å². The lowest BCUT2D eigenvalue weighted by Gasteiger charge is -2.08. The van der Waals surface area contributed by atoms with Crippen molar-refractivity contribution in [1.29, 1.82) is 5.26 Å². The predicted molar refractivity (Wildman–Crippen MR) is 77.9 cm³/mol. The monoisotopic (exact) mass is 324 g/mol. The average Bonchev–Trinajstić information content (AvgIpc) is 2.41. The third-order valence-electron chi connectivity index (χ3n) is 2.86. The minimum atomic E-state index is -3.76. The van der Waals surface area contributed by atoms with Crippen LogP contribution in [0, 0.1) is 17.1 Å². The summed E-state index contributed by atoms with van der Waals surface area (Å²) in [6.45, 7) is 0. The zero-order chi connectivity index (χ0) is 15.6. The first-order valence-electron chi connectivity index (χ1n) is 5.80. The van der Waals surface area contributed by atoms with E-state index in [2.05, 4.69) is 0 Å². The van der Waals surface area contributed by atoms with Crippen molar-refractivity contribution in [3.05, 3.63) is 58.4 Å². The number of halogens is 2. The second-order valence-corrected chi connectivity index (χ2v) is 6.75. The molecule has 0 unspecified atom stereocenters. The van der Waals surface area contributed by atoms with Gasteiger partial charge in [-0.2, -0.15) is 5.26 Å². The van der Waals surface area contributed by atoms with E-state index >= 15 is 0 Å². The van der Waals surface area contributed by atoms with Gasteiger partial charge in [0, 0.05) is 0 Å². The summed E-state index contributed by atoms with van der Waals surface area (Å²) in [4.78, 5) is -0.0325. The maximum absolute atomic E-state index is 13.2. The van der Waals surface area contributed by atoms with Crippen LogP contribution >= 0.6 is 11.6 Å². The fourth-order valence-corrected chi connectivity index (χ4v) is 3.41. The minimum Gasteiger partial charge on any atom is -0.398 e. The highest BCUT2D eigenvalue weighted by Gasteiger charge is 2.19. The molecular formula is C14H10ClFN2O2S.